The zero-order valence-corrected chi connectivity index (χ0v) is 17.7. The molecule has 0 unspecified atom stereocenters. The Bertz CT molecular complexity index is 1070. The molecular formula is C22H22FN3O4S. The van der Waals surface area contributed by atoms with Crippen molar-refractivity contribution in [3.05, 3.63) is 60.0 Å². The topological polar surface area (TPSA) is 87.8 Å². The average molecular weight is 444 g/mol. The lowest BCUT2D eigenvalue weighted by atomic mass is 10.2. The smallest absolute Gasteiger partial charge is 0.224 e. The molecule has 1 saturated heterocycles. The van der Waals surface area contributed by atoms with Crippen molar-refractivity contribution in [2.75, 3.05) is 6.54 Å². The van der Waals surface area contributed by atoms with Crippen molar-refractivity contribution in [3.63, 3.8) is 0 Å². The van der Waals surface area contributed by atoms with Gasteiger partial charge in [0.2, 0.25) is 17.7 Å². The van der Waals surface area contributed by atoms with Crippen LogP contribution in [0.1, 0.15) is 18.9 Å². The Morgan fingerprint density at radius 1 is 1.23 bits per heavy atom. The second-order valence-corrected chi connectivity index (χ2v) is 8.56. The molecule has 0 aliphatic carbocycles. The van der Waals surface area contributed by atoms with E-state index in [1.165, 1.54) is 46.7 Å². The molecule has 7 nitrogen and oxygen atoms in total. The number of hydrogen-bond donors (Lipinski definition) is 2. The minimum Gasteiger partial charge on any atom is -0.494 e. The lowest BCUT2D eigenvalue weighted by Crippen LogP contribution is -2.24. The van der Waals surface area contributed by atoms with Crippen molar-refractivity contribution in [3.8, 4) is 23.4 Å². The van der Waals surface area contributed by atoms with Crippen LogP contribution in [0.15, 0.2) is 53.6 Å². The molecule has 9 heteroatoms. The van der Waals surface area contributed by atoms with E-state index < -0.39 is 0 Å². The van der Waals surface area contributed by atoms with E-state index in [9.17, 15) is 19.4 Å². The number of aromatic hydroxyl groups is 2. The Kier molecular flexibility index (Phi) is 6.03. The lowest BCUT2D eigenvalue weighted by molar-refractivity contribution is -0.128. The van der Waals surface area contributed by atoms with E-state index in [0.29, 0.717) is 42.6 Å². The molecule has 1 aromatic carbocycles. The molecule has 1 amide bonds. The number of carbonyl (C=O) groups excluding carboxylic acids is 1. The first-order valence-electron chi connectivity index (χ1n) is 9.87. The predicted octanol–water partition coefficient (Wildman–Crippen LogP) is 4.14. The Hall–Kier alpha value is -3.20. The van der Waals surface area contributed by atoms with Crippen LogP contribution in [0.25, 0.3) is 0 Å². The molecule has 2 aromatic heterocycles. The standard InChI is InChI=1S/C22H22FN3O4S/c1-2-26-21(28)10-18(22(26)29)31-17-9-20(27)25(13-17)12-14-3-8-19(24-11-14)30-16-6-4-15(23)5-7-16/h3-8,10-11,17,28-29H,2,9,12-13H2,1H3/t17-/m1/s1. The summed E-state index contributed by atoms with van der Waals surface area (Å²) in [5.41, 5.74) is 0.864. The highest BCUT2D eigenvalue weighted by Crippen LogP contribution is 2.40. The molecule has 162 valence electrons. The first-order valence-corrected chi connectivity index (χ1v) is 10.7. The van der Waals surface area contributed by atoms with Gasteiger partial charge in [0.05, 0.1) is 4.90 Å². The van der Waals surface area contributed by atoms with Gasteiger partial charge in [-0.25, -0.2) is 9.37 Å². The number of thioether (sulfide) groups is 1. The molecule has 0 spiro atoms. The van der Waals surface area contributed by atoms with Gasteiger partial charge in [0.25, 0.3) is 0 Å². The lowest BCUT2D eigenvalue weighted by Gasteiger charge is -2.16. The highest BCUT2D eigenvalue weighted by molar-refractivity contribution is 8.00. The van der Waals surface area contributed by atoms with E-state index in [1.54, 1.807) is 17.2 Å². The van der Waals surface area contributed by atoms with E-state index in [1.807, 2.05) is 13.0 Å². The van der Waals surface area contributed by atoms with Crippen LogP contribution in [0.3, 0.4) is 0 Å². The van der Waals surface area contributed by atoms with Crippen LogP contribution in [0.5, 0.6) is 23.4 Å². The minimum atomic E-state index is -0.336. The maximum absolute atomic E-state index is 13.0. The maximum atomic E-state index is 13.0. The molecule has 4 rings (SSSR count). The van der Waals surface area contributed by atoms with Crippen LogP contribution in [-0.2, 0) is 17.9 Å². The summed E-state index contributed by atoms with van der Waals surface area (Å²) in [5.74, 6) is 0.601. The van der Waals surface area contributed by atoms with Gasteiger partial charge in [-0.15, -0.1) is 11.8 Å². The Morgan fingerprint density at radius 2 is 2.00 bits per heavy atom. The largest absolute Gasteiger partial charge is 0.494 e. The molecule has 1 fully saturated rings. The molecule has 1 atom stereocenters. The van der Waals surface area contributed by atoms with E-state index in [4.69, 9.17) is 4.74 Å². The molecule has 3 heterocycles. The van der Waals surface area contributed by atoms with E-state index in [2.05, 4.69) is 4.98 Å². The third-order valence-electron chi connectivity index (χ3n) is 5.01. The molecule has 0 radical (unpaired) electrons. The number of nitrogens with zero attached hydrogens (tertiary/aromatic N) is 3. The second kappa shape index (κ2) is 8.89. The second-order valence-electron chi connectivity index (χ2n) is 7.21. The van der Waals surface area contributed by atoms with Gasteiger partial charge in [-0.2, -0.15) is 0 Å². The summed E-state index contributed by atoms with van der Waals surface area (Å²) in [6, 6.07) is 10.8. The Morgan fingerprint density at radius 3 is 2.65 bits per heavy atom. The molecular weight excluding hydrogens is 421 g/mol. The van der Waals surface area contributed by atoms with Gasteiger partial charge < -0.3 is 19.8 Å². The number of ether oxygens (including phenoxy) is 1. The third kappa shape index (κ3) is 4.77. The van der Waals surface area contributed by atoms with Crippen molar-refractivity contribution in [2.24, 2.45) is 0 Å². The van der Waals surface area contributed by atoms with Crippen LogP contribution < -0.4 is 4.74 Å². The molecule has 1 aliphatic rings. The van der Waals surface area contributed by atoms with Crippen LogP contribution in [0, 0.1) is 5.82 Å². The van der Waals surface area contributed by atoms with Crippen molar-refractivity contribution in [1.82, 2.24) is 14.5 Å². The predicted molar refractivity (Wildman–Crippen MR) is 114 cm³/mol. The first kappa shape index (κ1) is 21.0. The fraction of sp³-hybridized carbons (Fsp3) is 0.273. The zero-order chi connectivity index (χ0) is 22.0. The molecule has 1 aliphatic heterocycles. The van der Waals surface area contributed by atoms with Gasteiger partial charge in [-0.05, 0) is 36.8 Å². The van der Waals surface area contributed by atoms with Crippen molar-refractivity contribution in [1.29, 1.82) is 0 Å². The van der Waals surface area contributed by atoms with Gasteiger partial charge in [-0.3, -0.25) is 9.36 Å². The van der Waals surface area contributed by atoms with Gasteiger partial charge in [0.1, 0.15) is 11.6 Å². The van der Waals surface area contributed by atoms with Crippen molar-refractivity contribution >= 4 is 17.7 Å². The summed E-state index contributed by atoms with van der Waals surface area (Å²) in [7, 11) is 0. The normalized spacial score (nSPS) is 16.1. The number of carbonyl (C=O) groups is 1. The monoisotopic (exact) mass is 443 g/mol. The summed E-state index contributed by atoms with van der Waals surface area (Å²) in [6.07, 6.45) is 2.01. The Balaban J connectivity index is 1.35. The number of halogens is 1. The first-order chi connectivity index (χ1) is 14.9. The zero-order valence-electron chi connectivity index (χ0n) is 16.9. The van der Waals surface area contributed by atoms with Crippen LogP contribution in [-0.4, -0.2) is 42.4 Å². The number of pyridine rings is 1. The van der Waals surface area contributed by atoms with Gasteiger partial charge in [-0.1, -0.05) is 6.07 Å². The number of hydrogen-bond acceptors (Lipinski definition) is 6. The quantitative estimate of drug-likeness (QED) is 0.571. The summed E-state index contributed by atoms with van der Waals surface area (Å²) in [6.45, 7) is 3.25. The molecule has 2 N–H and O–H groups in total. The van der Waals surface area contributed by atoms with Crippen molar-refractivity contribution < 1.29 is 24.1 Å². The summed E-state index contributed by atoms with van der Waals surface area (Å²) >= 11 is 1.40. The number of likely N-dealkylation sites (tertiary alicyclic amines) is 1. The van der Waals surface area contributed by atoms with Crippen LogP contribution >= 0.6 is 11.8 Å². The van der Waals surface area contributed by atoms with Gasteiger partial charge in [0.15, 0.2) is 5.88 Å². The number of amides is 1. The summed E-state index contributed by atoms with van der Waals surface area (Å²) in [5, 5.41) is 20.1. The highest BCUT2D eigenvalue weighted by Gasteiger charge is 2.31. The summed E-state index contributed by atoms with van der Waals surface area (Å²) < 4.78 is 20.0. The molecule has 3 aromatic rings. The summed E-state index contributed by atoms with van der Waals surface area (Å²) in [4.78, 5) is 19.0. The SMILES string of the molecule is CCn1c(O)cc(S[C@@H]2CC(=O)N(Cc3ccc(Oc4ccc(F)cc4)nc3)C2)c1O. The van der Waals surface area contributed by atoms with E-state index in [0.717, 1.165) is 5.56 Å². The Labute approximate surface area is 183 Å². The molecule has 0 saturated carbocycles. The number of aromatic nitrogens is 2. The fourth-order valence-electron chi connectivity index (χ4n) is 3.46. The van der Waals surface area contributed by atoms with Crippen LogP contribution in [0.4, 0.5) is 4.39 Å². The van der Waals surface area contributed by atoms with Crippen LogP contribution in [0.2, 0.25) is 0 Å². The fourth-order valence-corrected chi connectivity index (χ4v) is 4.68. The van der Waals surface area contributed by atoms with Gasteiger partial charge in [0, 0.05) is 49.6 Å². The maximum Gasteiger partial charge on any atom is 0.224 e. The minimum absolute atomic E-state index is 0.0118. The third-order valence-corrected chi connectivity index (χ3v) is 6.21. The molecule has 31 heavy (non-hydrogen) atoms. The molecule has 0 bridgehead atoms. The average Bonchev–Trinajstić information content (AvgIpc) is 3.23. The van der Waals surface area contributed by atoms with E-state index >= 15 is 0 Å². The number of benzene rings is 1. The highest BCUT2D eigenvalue weighted by atomic mass is 32.2. The van der Waals surface area contributed by atoms with E-state index in [-0.39, 0.29) is 28.7 Å². The van der Waals surface area contributed by atoms with Crippen molar-refractivity contribution in [2.45, 2.75) is 36.6 Å². The van der Waals surface area contributed by atoms with Gasteiger partial charge >= 0.3 is 0 Å². The number of rotatable bonds is 7.